The van der Waals surface area contributed by atoms with Crippen LogP contribution in [0.1, 0.15) is 36.2 Å². The van der Waals surface area contributed by atoms with Crippen molar-refractivity contribution in [1.82, 2.24) is 20.1 Å². The van der Waals surface area contributed by atoms with E-state index in [9.17, 15) is 14.4 Å². The highest BCUT2D eigenvalue weighted by Gasteiger charge is 2.30. The van der Waals surface area contributed by atoms with Gasteiger partial charge in [-0.25, -0.2) is 0 Å². The minimum absolute atomic E-state index is 0.0559. The van der Waals surface area contributed by atoms with Gasteiger partial charge in [-0.05, 0) is 37.8 Å². The molecule has 0 bridgehead atoms. The van der Waals surface area contributed by atoms with Gasteiger partial charge in [0, 0.05) is 44.3 Å². The monoisotopic (exact) mass is 392 g/mol. The predicted molar refractivity (Wildman–Crippen MR) is 102 cm³/mol. The van der Waals surface area contributed by atoms with Crippen molar-refractivity contribution in [2.45, 2.75) is 31.7 Å². The van der Waals surface area contributed by atoms with Crippen LogP contribution in [0.5, 0.6) is 0 Å². The van der Waals surface area contributed by atoms with Crippen LogP contribution in [0.25, 0.3) is 0 Å². The summed E-state index contributed by atoms with van der Waals surface area (Å²) in [5, 5.41) is 3.64. The van der Waals surface area contributed by atoms with Gasteiger partial charge in [-0.1, -0.05) is 18.2 Å². The maximum atomic E-state index is 12.5. The van der Waals surface area contributed by atoms with Gasteiger partial charge in [-0.3, -0.25) is 14.4 Å². The standard InChI is InChI=1S/C19H25ClN4O3/c1-2-17(25)23-7-3-13(4-8-23)18(26)22-15-5-9-24(10-6-15)19(27)16-11-14(20)12-21-16/h2,11-13,15,21H,1,3-10H2,(H,22,26). The Kier molecular flexibility index (Phi) is 6.21. The second-order valence-corrected chi connectivity index (χ2v) is 7.55. The Morgan fingerprint density at radius 1 is 1.11 bits per heavy atom. The van der Waals surface area contributed by atoms with Crippen molar-refractivity contribution in [2.75, 3.05) is 26.2 Å². The van der Waals surface area contributed by atoms with Crippen molar-refractivity contribution < 1.29 is 14.4 Å². The van der Waals surface area contributed by atoms with Gasteiger partial charge in [-0.15, -0.1) is 0 Å². The fourth-order valence-corrected chi connectivity index (χ4v) is 3.86. The van der Waals surface area contributed by atoms with Crippen LogP contribution in [-0.2, 0) is 9.59 Å². The molecule has 0 radical (unpaired) electrons. The Hall–Kier alpha value is -2.28. The van der Waals surface area contributed by atoms with Crippen LogP contribution in [-0.4, -0.2) is 64.7 Å². The topological polar surface area (TPSA) is 85.5 Å². The molecule has 2 aliphatic rings. The van der Waals surface area contributed by atoms with Gasteiger partial charge < -0.3 is 20.1 Å². The minimum atomic E-state index is -0.0748. The highest BCUT2D eigenvalue weighted by atomic mass is 35.5. The largest absolute Gasteiger partial charge is 0.356 e. The summed E-state index contributed by atoms with van der Waals surface area (Å²) >= 11 is 5.86. The van der Waals surface area contributed by atoms with E-state index in [4.69, 9.17) is 11.6 Å². The summed E-state index contributed by atoms with van der Waals surface area (Å²) in [5.74, 6) is -0.138. The van der Waals surface area contributed by atoms with Crippen molar-refractivity contribution in [3.05, 3.63) is 35.6 Å². The first-order chi connectivity index (χ1) is 13.0. The van der Waals surface area contributed by atoms with Crippen molar-refractivity contribution >= 4 is 29.3 Å². The molecule has 0 aromatic carbocycles. The number of rotatable bonds is 4. The molecular weight excluding hydrogens is 368 g/mol. The predicted octanol–water partition coefficient (Wildman–Crippen LogP) is 1.81. The second-order valence-electron chi connectivity index (χ2n) is 7.11. The number of amides is 3. The maximum Gasteiger partial charge on any atom is 0.270 e. The van der Waals surface area contributed by atoms with Gasteiger partial charge in [0.2, 0.25) is 11.8 Å². The number of aromatic amines is 1. The zero-order valence-electron chi connectivity index (χ0n) is 15.2. The van der Waals surface area contributed by atoms with Crippen molar-refractivity contribution in [1.29, 1.82) is 0 Å². The summed E-state index contributed by atoms with van der Waals surface area (Å²) in [6, 6.07) is 1.71. The van der Waals surface area contributed by atoms with Gasteiger partial charge in [0.25, 0.3) is 5.91 Å². The molecule has 0 aliphatic carbocycles. The Balaban J connectivity index is 1.43. The van der Waals surface area contributed by atoms with Crippen LogP contribution >= 0.6 is 11.6 Å². The Morgan fingerprint density at radius 3 is 2.30 bits per heavy atom. The van der Waals surface area contributed by atoms with E-state index >= 15 is 0 Å². The molecular formula is C19H25ClN4O3. The highest BCUT2D eigenvalue weighted by Crippen LogP contribution is 2.20. The number of halogens is 1. The molecule has 1 aromatic heterocycles. The molecule has 1 aromatic rings. The minimum Gasteiger partial charge on any atom is -0.356 e. The average Bonchev–Trinajstić information content (AvgIpc) is 3.14. The van der Waals surface area contributed by atoms with Crippen LogP contribution in [0, 0.1) is 5.92 Å². The van der Waals surface area contributed by atoms with Crippen LogP contribution < -0.4 is 5.32 Å². The zero-order valence-corrected chi connectivity index (χ0v) is 16.0. The third kappa shape index (κ3) is 4.71. The van der Waals surface area contributed by atoms with Crippen LogP contribution in [0.15, 0.2) is 24.9 Å². The fraction of sp³-hybridized carbons (Fsp3) is 0.526. The number of hydrogen-bond acceptors (Lipinski definition) is 3. The van der Waals surface area contributed by atoms with Gasteiger partial charge in [0.15, 0.2) is 0 Å². The summed E-state index contributed by atoms with van der Waals surface area (Å²) in [6.45, 7) is 5.89. The van der Waals surface area contributed by atoms with Crippen molar-refractivity contribution in [2.24, 2.45) is 5.92 Å². The van der Waals surface area contributed by atoms with Gasteiger partial charge in [0.1, 0.15) is 5.69 Å². The van der Waals surface area contributed by atoms with Gasteiger partial charge in [0.05, 0.1) is 5.02 Å². The molecule has 2 aliphatic heterocycles. The van der Waals surface area contributed by atoms with E-state index in [1.807, 2.05) is 0 Å². The first kappa shape index (κ1) is 19.5. The first-order valence-corrected chi connectivity index (χ1v) is 9.70. The van der Waals surface area contributed by atoms with Gasteiger partial charge in [-0.2, -0.15) is 0 Å². The van der Waals surface area contributed by atoms with E-state index in [0.29, 0.717) is 49.7 Å². The number of aromatic nitrogens is 1. The quantitative estimate of drug-likeness (QED) is 0.766. The lowest BCUT2D eigenvalue weighted by Crippen LogP contribution is -2.49. The number of piperidine rings is 2. The molecule has 8 heteroatoms. The number of nitrogens with one attached hydrogen (secondary N) is 2. The molecule has 0 unspecified atom stereocenters. The normalized spacial score (nSPS) is 19.0. The number of nitrogens with zero attached hydrogens (tertiary/aromatic N) is 2. The van der Waals surface area contributed by atoms with E-state index < -0.39 is 0 Å². The average molecular weight is 393 g/mol. The fourth-order valence-electron chi connectivity index (χ4n) is 3.70. The molecule has 7 nitrogen and oxygen atoms in total. The Morgan fingerprint density at radius 2 is 1.74 bits per heavy atom. The summed E-state index contributed by atoms with van der Waals surface area (Å²) in [4.78, 5) is 42.9. The first-order valence-electron chi connectivity index (χ1n) is 9.33. The summed E-state index contributed by atoms with van der Waals surface area (Å²) in [5.41, 5.74) is 0.489. The van der Waals surface area contributed by atoms with Crippen molar-refractivity contribution in [3.63, 3.8) is 0 Å². The molecule has 0 saturated carbocycles. The molecule has 3 rings (SSSR count). The maximum absolute atomic E-state index is 12.5. The van der Waals surface area contributed by atoms with Crippen LogP contribution in [0.4, 0.5) is 0 Å². The lowest BCUT2D eigenvalue weighted by Gasteiger charge is -2.34. The molecule has 2 N–H and O–H groups in total. The molecule has 0 atom stereocenters. The summed E-state index contributed by atoms with van der Waals surface area (Å²) in [7, 11) is 0. The number of hydrogen-bond donors (Lipinski definition) is 2. The van der Waals surface area contributed by atoms with Crippen LogP contribution in [0.3, 0.4) is 0 Å². The lowest BCUT2D eigenvalue weighted by molar-refractivity contribution is -0.132. The molecule has 3 heterocycles. The zero-order chi connectivity index (χ0) is 19.4. The van der Waals surface area contributed by atoms with E-state index in [0.717, 1.165) is 12.8 Å². The molecule has 3 amide bonds. The number of likely N-dealkylation sites (tertiary alicyclic amines) is 2. The van der Waals surface area contributed by atoms with E-state index in [2.05, 4.69) is 16.9 Å². The van der Waals surface area contributed by atoms with E-state index in [1.54, 1.807) is 22.1 Å². The molecule has 0 spiro atoms. The Bertz CT molecular complexity index is 716. The number of carbonyl (C=O) groups is 3. The van der Waals surface area contributed by atoms with Gasteiger partial charge >= 0.3 is 0 Å². The molecule has 2 saturated heterocycles. The molecule has 146 valence electrons. The van der Waals surface area contributed by atoms with E-state index in [-0.39, 0.29) is 29.7 Å². The number of carbonyl (C=O) groups excluding carboxylic acids is 3. The van der Waals surface area contributed by atoms with E-state index in [1.165, 1.54) is 6.08 Å². The SMILES string of the molecule is C=CC(=O)N1CCC(C(=O)NC2CCN(C(=O)c3cc(Cl)c[nH]3)CC2)CC1. The van der Waals surface area contributed by atoms with Crippen molar-refractivity contribution in [3.8, 4) is 0 Å². The third-order valence-corrected chi connectivity index (χ3v) is 5.58. The smallest absolute Gasteiger partial charge is 0.270 e. The van der Waals surface area contributed by atoms with Crippen LogP contribution in [0.2, 0.25) is 5.02 Å². The summed E-state index contributed by atoms with van der Waals surface area (Å²) in [6.07, 6.45) is 5.73. The Labute approximate surface area is 163 Å². The highest BCUT2D eigenvalue weighted by molar-refractivity contribution is 6.30. The number of H-pyrrole nitrogens is 1. The molecule has 2 fully saturated rings. The molecule has 27 heavy (non-hydrogen) atoms. The lowest BCUT2D eigenvalue weighted by atomic mass is 9.94. The summed E-state index contributed by atoms with van der Waals surface area (Å²) < 4.78 is 0. The second kappa shape index (κ2) is 8.61. The third-order valence-electron chi connectivity index (χ3n) is 5.36.